The molecule has 3 aromatic rings. The van der Waals surface area contributed by atoms with E-state index in [9.17, 15) is 17.5 Å². The number of hydrogen-bond donors (Lipinski definition) is 5. The lowest BCUT2D eigenvalue weighted by atomic mass is 10.1. The summed E-state index contributed by atoms with van der Waals surface area (Å²) < 4.78 is 48.6. The van der Waals surface area contributed by atoms with Gasteiger partial charge in [0.25, 0.3) is 6.43 Å². The van der Waals surface area contributed by atoms with E-state index in [0.717, 1.165) is 12.8 Å². The van der Waals surface area contributed by atoms with Crippen LogP contribution in [-0.4, -0.2) is 52.2 Å². The molecule has 0 amide bonds. The molecule has 1 fully saturated rings. The maximum Gasteiger partial charge on any atom is 0.281 e. The van der Waals surface area contributed by atoms with Gasteiger partial charge in [0.05, 0.1) is 12.4 Å². The first-order valence-electron chi connectivity index (χ1n) is 9.30. The fourth-order valence-corrected chi connectivity index (χ4v) is 3.74. The van der Waals surface area contributed by atoms with Crippen LogP contribution in [-0.2, 0) is 9.90 Å². The van der Waals surface area contributed by atoms with E-state index in [1.165, 1.54) is 23.0 Å². The van der Waals surface area contributed by atoms with Gasteiger partial charge in [0.2, 0.25) is 0 Å². The van der Waals surface area contributed by atoms with Crippen LogP contribution in [0.25, 0.3) is 17.2 Å². The Bertz CT molecular complexity index is 1160. The Morgan fingerprint density at radius 3 is 2.81 bits per heavy atom. The van der Waals surface area contributed by atoms with Gasteiger partial charge in [0.15, 0.2) is 11.5 Å². The van der Waals surface area contributed by atoms with Crippen molar-refractivity contribution in [2.24, 2.45) is 10.3 Å². The Morgan fingerprint density at radius 1 is 1.26 bits per heavy atom. The zero-order chi connectivity index (χ0) is 22.2. The van der Waals surface area contributed by atoms with Crippen molar-refractivity contribution in [1.29, 1.82) is 0 Å². The van der Waals surface area contributed by atoms with Gasteiger partial charge in [-0.25, -0.2) is 44.4 Å². The number of nitrogens with one attached hydrogen (secondary N) is 2. The Kier molecular flexibility index (Phi) is 5.40. The monoisotopic (exact) mass is 456 g/mol. The molecule has 1 aliphatic rings. The third kappa shape index (κ3) is 5.15. The number of imidazole rings is 1. The highest BCUT2D eigenvalue weighted by Crippen LogP contribution is 2.24. The standard InChI is InChI=1S/C16H22F2N10O2S/c17-15(18)11-9-28-12(6-23-14(28)7-22-11)16-21-4-3-13(24-16)27-5-1-2-10(8-27)25-26-31(19,20,29)30/h3-4,6-7,9-10,15,25H,1-2,5,8H2,(H6,19,20,26,29,30)/t10-/m1/s1. The fourth-order valence-electron chi connectivity index (χ4n) is 3.34. The van der Waals surface area contributed by atoms with Gasteiger partial charge in [-0.15, -0.1) is 4.83 Å². The summed E-state index contributed by atoms with van der Waals surface area (Å²) in [7, 11) is -4.87. The molecule has 0 aliphatic carbocycles. The number of nitrogens with zero attached hydrogens (tertiary/aromatic N) is 6. The largest absolute Gasteiger partial charge is 0.355 e. The maximum atomic E-state index is 13.0. The van der Waals surface area contributed by atoms with Crippen molar-refractivity contribution in [3.63, 3.8) is 0 Å². The molecule has 12 nitrogen and oxygen atoms in total. The molecule has 1 atom stereocenters. The zero-order valence-electron chi connectivity index (χ0n) is 16.2. The van der Waals surface area contributed by atoms with Crippen LogP contribution < -0.4 is 25.4 Å². The van der Waals surface area contributed by atoms with Crippen molar-refractivity contribution >= 4 is 21.4 Å². The number of hydrazine groups is 1. The SMILES string of the molecule is NS(N)(=O)(O)NN[C@@H]1CCCN(c2ccnc(-c3cnc4cnc(C(F)F)cn34)n2)C1. The van der Waals surface area contributed by atoms with Gasteiger partial charge in [-0.3, -0.25) is 8.95 Å². The highest BCUT2D eigenvalue weighted by molar-refractivity contribution is 8.09. The number of hydrogen-bond acceptors (Lipinski definition) is 7. The smallest absolute Gasteiger partial charge is 0.281 e. The summed E-state index contributed by atoms with van der Waals surface area (Å²) in [5, 5.41) is 10.2. The number of halogens is 2. The van der Waals surface area contributed by atoms with E-state index in [2.05, 4.69) is 30.2 Å². The molecule has 0 saturated carbocycles. The van der Waals surface area contributed by atoms with E-state index < -0.39 is 16.3 Å². The number of rotatable bonds is 6. The number of aromatic nitrogens is 5. The lowest BCUT2D eigenvalue weighted by Gasteiger charge is -2.39. The van der Waals surface area contributed by atoms with Crippen molar-refractivity contribution in [2.45, 2.75) is 25.3 Å². The highest BCUT2D eigenvalue weighted by atomic mass is 32.3. The number of piperidine rings is 1. The molecule has 15 heteroatoms. The molecule has 0 spiro atoms. The molecule has 0 unspecified atom stereocenters. The average Bonchev–Trinajstić information content (AvgIpc) is 3.15. The molecule has 0 bridgehead atoms. The van der Waals surface area contributed by atoms with E-state index in [1.807, 2.05) is 4.90 Å². The first kappa shape index (κ1) is 21.5. The summed E-state index contributed by atoms with van der Waals surface area (Å²) in [5.41, 5.74) is 3.16. The Balaban J connectivity index is 1.57. The van der Waals surface area contributed by atoms with Crippen molar-refractivity contribution in [3.8, 4) is 11.5 Å². The molecule has 0 aromatic carbocycles. The van der Waals surface area contributed by atoms with Crippen LogP contribution in [0.3, 0.4) is 0 Å². The topological polar surface area (TPSA) is 173 Å². The Labute approximate surface area is 175 Å². The molecular weight excluding hydrogens is 434 g/mol. The minimum Gasteiger partial charge on any atom is -0.355 e. The van der Waals surface area contributed by atoms with Crippen molar-refractivity contribution in [3.05, 3.63) is 36.5 Å². The molecule has 168 valence electrons. The van der Waals surface area contributed by atoms with Crippen molar-refractivity contribution < 1.29 is 17.5 Å². The first-order valence-corrected chi connectivity index (χ1v) is 11.3. The second kappa shape index (κ2) is 7.77. The molecule has 1 aliphatic heterocycles. The minimum absolute atomic E-state index is 0.216. The quantitative estimate of drug-likeness (QED) is 0.326. The van der Waals surface area contributed by atoms with E-state index in [-0.39, 0.29) is 11.7 Å². The first-order chi connectivity index (χ1) is 14.6. The number of alkyl halides is 2. The summed E-state index contributed by atoms with van der Waals surface area (Å²) in [6.07, 6.45) is 4.34. The highest BCUT2D eigenvalue weighted by Gasteiger charge is 2.24. The van der Waals surface area contributed by atoms with E-state index >= 15 is 0 Å². The molecule has 7 N–H and O–H groups in total. The van der Waals surface area contributed by atoms with Crippen molar-refractivity contribution in [1.82, 2.24) is 34.6 Å². The van der Waals surface area contributed by atoms with Crippen LogP contribution in [0.1, 0.15) is 25.0 Å². The molecule has 0 radical (unpaired) electrons. The Morgan fingerprint density at radius 2 is 2.06 bits per heavy atom. The second-order valence-corrected chi connectivity index (χ2v) is 9.53. The summed E-state index contributed by atoms with van der Waals surface area (Å²) in [6.45, 7) is 1.16. The lowest BCUT2D eigenvalue weighted by molar-refractivity contribution is 0.145. The number of fused-ring (bicyclic) bond motifs is 1. The minimum atomic E-state index is -4.87. The van der Waals surface area contributed by atoms with Gasteiger partial charge < -0.3 is 4.90 Å². The predicted molar refractivity (Wildman–Crippen MR) is 110 cm³/mol. The van der Waals surface area contributed by atoms with E-state index in [1.54, 1.807) is 12.3 Å². The molecule has 4 heterocycles. The number of nitrogens with two attached hydrogens (primary N) is 2. The zero-order valence-corrected chi connectivity index (χ0v) is 17.0. The Hall–Kier alpha value is -2.69. The van der Waals surface area contributed by atoms with Gasteiger partial charge >= 0.3 is 0 Å². The number of anilines is 1. The molecule has 1 saturated heterocycles. The fraction of sp³-hybridized carbons (Fsp3) is 0.375. The van der Waals surface area contributed by atoms with Gasteiger partial charge in [-0.2, -0.15) is 4.21 Å². The third-order valence-electron chi connectivity index (χ3n) is 4.72. The normalized spacial score (nSPS) is 19.0. The van der Waals surface area contributed by atoms with Crippen LogP contribution in [0.5, 0.6) is 0 Å². The summed E-state index contributed by atoms with van der Waals surface area (Å²) in [5.74, 6) is 0.920. The van der Waals surface area contributed by atoms with E-state index in [0.29, 0.717) is 36.1 Å². The summed E-state index contributed by atoms with van der Waals surface area (Å²) in [4.78, 5) is 20.7. The van der Waals surface area contributed by atoms with Gasteiger partial charge in [0, 0.05) is 31.5 Å². The second-order valence-electron chi connectivity index (χ2n) is 7.28. The van der Waals surface area contributed by atoms with E-state index in [4.69, 9.17) is 10.3 Å². The molecule has 31 heavy (non-hydrogen) atoms. The van der Waals surface area contributed by atoms with Gasteiger partial charge in [-0.05, 0) is 28.8 Å². The molecular formula is C16H22F2N10O2S. The van der Waals surface area contributed by atoms with Crippen LogP contribution in [0.15, 0.2) is 30.9 Å². The van der Waals surface area contributed by atoms with Crippen LogP contribution in [0, 0.1) is 0 Å². The van der Waals surface area contributed by atoms with Crippen LogP contribution in [0.2, 0.25) is 0 Å². The summed E-state index contributed by atoms with van der Waals surface area (Å²) >= 11 is 0. The lowest BCUT2D eigenvalue weighted by Crippen LogP contribution is -2.68. The third-order valence-corrected chi connectivity index (χ3v) is 5.25. The van der Waals surface area contributed by atoms with Gasteiger partial charge in [-0.1, -0.05) is 0 Å². The van der Waals surface area contributed by atoms with Crippen LogP contribution in [0.4, 0.5) is 14.6 Å². The maximum absolute atomic E-state index is 13.0. The van der Waals surface area contributed by atoms with Gasteiger partial charge in [0.1, 0.15) is 17.2 Å². The van der Waals surface area contributed by atoms with Crippen LogP contribution >= 0.6 is 0 Å². The molecule has 3 aromatic heterocycles. The average molecular weight is 456 g/mol. The summed E-state index contributed by atoms with van der Waals surface area (Å²) in [6, 6.07) is 1.50. The predicted octanol–water partition coefficient (Wildman–Crippen LogP) is 0.142. The molecule has 4 rings (SSSR count). The van der Waals surface area contributed by atoms with Crippen molar-refractivity contribution in [2.75, 3.05) is 18.0 Å².